The molecule has 2 bridgehead atoms. The lowest BCUT2D eigenvalue weighted by Crippen LogP contribution is -2.46. The molecule has 1 unspecified atom stereocenters. The first-order valence-corrected chi connectivity index (χ1v) is 8.50. The van der Waals surface area contributed by atoms with Gasteiger partial charge in [0, 0.05) is 29.3 Å². The smallest absolute Gasteiger partial charge is 0.0982 e. The van der Waals surface area contributed by atoms with Gasteiger partial charge in [-0.15, -0.1) is 11.3 Å². The lowest BCUT2D eigenvalue weighted by molar-refractivity contribution is 0.0870. The number of fused-ring (bicyclic) bond motifs is 6. The summed E-state index contributed by atoms with van der Waals surface area (Å²) in [7, 11) is 0. The molecular weight excluding hydrogens is 264 g/mol. The summed E-state index contributed by atoms with van der Waals surface area (Å²) in [5.74, 6) is 1.60. The zero-order valence-corrected chi connectivity index (χ0v) is 12.3. The van der Waals surface area contributed by atoms with E-state index in [4.69, 9.17) is 4.98 Å². The van der Waals surface area contributed by atoms with E-state index in [1.807, 2.05) is 11.3 Å². The molecule has 20 heavy (non-hydrogen) atoms. The van der Waals surface area contributed by atoms with Crippen LogP contribution >= 0.6 is 11.3 Å². The maximum absolute atomic E-state index is 5.07. The number of benzene rings is 1. The molecule has 0 N–H and O–H groups in total. The predicted octanol–water partition coefficient (Wildman–Crippen LogP) is 3.52. The third-order valence-electron chi connectivity index (χ3n) is 5.31. The van der Waals surface area contributed by atoms with Gasteiger partial charge in [-0.2, -0.15) is 0 Å². The van der Waals surface area contributed by atoms with Gasteiger partial charge in [0.15, 0.2) is 0 Å². The first kappa shape index (κ1) is 11.5. The number of thiazole rings is 1. The fraction of sp³-hybridized carbons (Fsp3) is 0.471. The van der Waals surface area contributed by atoms with Crippen LogP contribution in [-0.4, -0.2) is 29.5 Å². The van der Waals surface area contributed by atoms with Crippen molar-refractivity contribution in [2.24, 2.45) is 5.92 Å². The summed E-state index contributed by atoms with van der Waals surface area (Å²) < 4.78 is 0. The molecular formula is C17H18N2S. The van der Waals surface area contributed by atoms with Gasteiger partial charge in [0.25, 0.3) is 0 Å². The third-order valence-corrected chi connectivity index (χ3v) is 6.50. The summed E-state index contributed by atoms with van der Waals surface area (Å²) in [5.41, 5.74) is 4.13. The van der Waals surface area contributed by atoms with E-state index in [9.17, 15) is 0 Å². The van der Waals surface area contributed by atoms with Gasteiger partial charge in [-0.25, -0.2) is 4.98 Å². The maximum Gasteiger partial charge on any atom is 0.0982 e. The highest BCUT2D eigenvalue weighted by Crippen LogP contribution is 2.45. The summed E-state index contributed by atoms with van der Waals surface area (Å²) in [4.78, 5) is 9.19. The van der Waals surface area contributed by atoms with Crippen LogP contribution in [0.2, 0.25) is 0 Å². The van der Waals surface area contributed by atoms with Crippen LogP contribution in [0.25, 0.3) is 11.3 Å². The third kappa shape index (κ3) is 1.57. The summed E-state index contributed by atoms with van der Waals surface area (Å²) >= 11 is 1.99. The van der Waals surface area contributed by atoms with E-state index in [-0.39, 0.29) is 0 Å². The molecule has 3 aliphatic heterocycles. The predicted molar refractivity (Wildman–Crippen MR) is 82.3 cm³/mol. The van der Waals surface area contributed by atoms with Gasteiger partial charge in [0.2, 0.25) is 0 Å². The molecule has 2 aromatic rings. The summed E-state index contributed by atoms with van der Waals surface area (Å²) in [6.45, 7) is 3.88. The second kappa shape index (κ2) is 4.15. The van der Waals surface area contributed by atoms with Gasteiger partial charge in [-0.3, -0.25) is 0 Å². The zero-order chi connectivity index (χ0) is 13.1. The van der Waals surface area contributed by atoms with E-state index in [1.54, 1.807) is 0 Å². The minimum Gasteiger partial charge on any atom is -0.303 e. The molecule has 1 atom stereocenters. The number of piperidine rings is 3. The molecule has 6 rings (SSSR count). The van der Waals surface area contributed by atoms with Crippen LogP contribution in [0.3, 0.4) is 0 Å². The van der Waals surface area contributed by atoms with Crippen molar-refractivity contribution in [2.45, 2.75) is 25.2 Å². The Kier molecular flexibility index (Phi) is 2.38. The molecule has 102 valence electrons. The first-order valence-electron chi connectivity index (χ1n) is 7.69. The molecule has 1 aromatic heterocycles. The standard InChI is InChI=1S/C17H18N2S/c1-2-4-13-12(3-1)9-15-16(13)18-17(20-15)14-10-19-7-5-11(14)6-8-19/h1-4,11,14H,5-10H2. The highest BCUT2D eigenvalue weighted by Gasteiger charge is 2.37. The van der Waals surface area contributed by atoms with Crippen LogP contribution in [0.1, 0.15) is 34.2 Å². The van der Waals surface area contributed by atoms with Gasteiger partial charge < -0.3 is 4.90 Å². The van der Waals surface area contributed by atoms with Crippen molar-refractivity contribution in [3.05, 3.63) is 39.7 Å². The minimum atomic E-state index is 0.709. The van der Waals surface area contributed by atoms with Crippen LogP contribution in [0.5, 0.6) is 0 Å². The zero-order valence-electron chi connectivity index (χ0n) is 11.5. The molecule has 1 aromatic carbocycles. The molecule has 3 heteroatoms. The van der Waals surface area contributed by atoms with Crippen molar-refractivity contribution in [3.8, 4) is 11.3 Å². The Morgan fingerprint density at radius 1 is 1.15 bits per heavy atom. The van der Waals surface area contributed by atoms with Crippen LogP contribution in [0, 0.1) is 5.92 Å². The van der Waals surface area contributed by atoms with Crippen molar-refractivity contribution < 1.29 is 0 Å². The highest BCUT2D eigenvalue weighted by molar-refractivity contribution is 7.12. The van der Waals surface area contributed by atoms with Crippen molar-refractivity contribution in [1.29, 1.82) is 0 Å². The van der Waals surface area contributed by atoms with Gasteiger partial charge in [0.1, 0.15) is 0 Å². The largest absolute Gasteiger partial charge is 0.303 e. The monoisotopic (exact) mass is 282 g/mol. The molecule has 1 aliphatic carbocycles. The second-order valence-corrected chi connectivity index (χ2v) is 7.52. The quantitative estimate of drug-likeness (QED) is 0.679. The van der Waals surface area contributed by atoms with E-state index >= 15 is 0 Å². The van der Waals surface area contributed by atoms with Crippen molar-refractivity contribution in [3.63, 3.8) is 0 Å². The van der Waals surface area contributed by atoms with Crippen LogP contribution < -0.4 is 0 Å². The number of hydrogen-bond donors (Lipinski definition) is 0. The fourth-order valence-electron chi connectivity index (χ4n) is 4.18. The molecule has 0 spiro atoms. The summed E-state index contributed by atoms with van der Waals surface area (Å²) in [6.07, 6.45) is 3.86. The van der Waals surface area contributed by atoms with Gasteiger partial charge >= 0.3 is 0 Å². The Hall–Kier alpha value is -1.19. The number of aromatic nitrogens is 1. The molecule has 0 radical (unpaired) electrons. The van der Waals surface area contributed by atoms with Crippen LogP contribution in [-0.2, 0) is 6.42 Å². The van der Waals surface area contributed by atoms with Crippen molar-refractivity contribution in [2.75, 3.05) is 19.6 Å². The van der Waals surface area contributed by atoms with E-state index in [2.05, 4.69) is 29.2 Å². The fourth-order valence-corrected chi connectivity index (χ4v) is 5.47. The van der Waals surface area contributed by atoms with Gasteiger partial charge in [0.05, 0.1) is 10.7 Å². The maximum atomic E-state index is 5.07. The lowest BCUT2D eigenvalue weighted by atomic mass is 9.79. The second-order valence-electron chi connectivity index (χ2n) is 6.40. The molecule has 0 saturated carbocycles. The number of rotatable bonds is 1. The molecule has 0 amide bonds. The molecule has 3 fully saturated rings. The van der Waals surface area contributed by atoms with Crippen LogP contribution in [0.15, 0.2) is 24.3 Å². The van der Waals surface area contributed by atoms with Crippen molar-refractivity contribution >= 4 is 11.3 Å². The average Bonchev–Trinajstić information content (AvgIpc) is 3.06. The van der Waals surface area contributed by atoms with Gasteiger partial charge in [-0.1, -0.05) is 24.3 Å². The number of nitrogens with zero attached hydrogens (tertiary/aromatic N) is 2. The Bertz CT molecular complexity index is 667. The van der Waals surface area contributed by atoms with Crippen LogP contribution in [0.4, 0.5) is 0 Å². The molecule has 3 saturated heterocycles. The van der Waals surface area contributed by atoms with Gasteiger partial charge in [-0.05, 0) is 37.4 Å². The van der Waals surface area contributed by atoms with Crippen molar-refractivity contribution in [1.82, 2.24) is 9.88 Å². The first-order chi connectivity index (χ1) is 9.88. The van der Waals surface area contributed by atoms with E-state index in [0.29, 0.717) is 5.92 Å². The average molecular weight is 282 g/mol. The summed E-state index contributed by atoms with van der Waals surface area (Å²) in [6, 6.07) is 8.77. The Morgan fingerprint density at radius 2 is 2.00 bits per heavy atom. The SMILES string of the molecule is c1ccc2c(c1)Cc1sc(C3CN4CCC3CC4)nc1-2. The summed E-state index contributed by atoms with van der Waals surface area (Å²) in [5, 5.41) is 1.42. The number of hydrogen-bond acceptors (Lipinski definition) is 3. The Morgan fingerprint density at radius 3 is 2.80 bits per heavy atom. The topological polar surface area (TPSA) is 16.1 Å². The van der Waals surface area contributed by atoms with E-state index < -0.39 is 0 Å². The molecule has 4 aliphatic rings. The molecule has 2 nitrogen and oxygen atoms in total. The Labute approximate surface area is 123 Å². The lowest BCUT2D eigenvalue weighted by Gasteiger charge is -2.44. The van der Waals surface area contributed by atoms with E-state index in [1.165, 1.54) is 59.2 Å². The minimum absolute atomic E-state index is 0.709. The normalized spacial score (nSPS) is 30.3. The Balaban J connectivity index is 1.54. The highest BCUT2D eigenvalue weighted by atomic mass is 32.1. The van der Waals surface area contributed by atoms with E-state index in [0.717, 1.165) is 12.3 Å². The molecule has 4 heterocycles.